The summed E-state index contributed by atoms with van der Waals surface area (Å²) in [6.45, 7) is 6.23. The molecule has 0 spiro atoms. The monoisotopic (exact) mass is 197 g/mol. The molecule has 0 aromatic heterocycles. The Kier molecular flexibility index (Phi) is 8.72. The molecular formula is C12H23NO. The number of nitrogens with one attached hydrogen (secondary N) is 1. The molecule has 0 saturated carbocycles. The van der Waals surface area contributed by atoms with Crippen LogP contribution >= 0.6 is 0 Å². The lowest BCUT2D eigenvalue weighted by Crippen LogP contribution is -2.38. The second kappa shape index (κ2) is 9.05. The zero-order valence-corrected chi connectivity index (χ0v) is 9.68. The first kappa shape index (κ1) is 13.5. The van der Waals surface area contributed by atoms with Gasteiger partial charge in [0.2, 0.25) is 0 Å². The fraction of sp³-hybridized carbons (Fsp3) is 0.833. The smallest absolute Gasteiger partial charge is 0.0618 e. The van der Waals surface area contributed by atoms with E-state index in [0.717, 1.165) is 32.4 Å². The summed E-state index contributed by atoms with van der Waals surface area (Å²) in [4.78, 5) is 0. The number of methoxy groups -OCH3 is 1. The van der Waals surface area contributed by atoms with E-state index < -0.39 is 0 Å². The van der Waals surface area contributed by atoms with Crippen molar-refractivity contribution in [3.05, 3.63) is 0 Å². The van der Waals surface area contributed by atoms with Gasteiger partial charge in [-0.3, -0.25) is 0 Å². The molecule has 0 aliphatic carbocycles. The Labute approximate surface area is 88.4 Å². The van der Waals surface area contributed by atoms with E-state index >= 15 is 0 Å². The first-order valence-corrected chi connectivity index (χ1v) is 5.38. The van der Waals surface area contributed by atoms with Gasteiger partial charge in [-0.05, 0) is 25.3 Å². The second-order valence-corrected chi connectivity index (χ2v) is 3.92. The van der Waals surface area contributed by atoms with Crippen molar-refractivity contribution in [3.8, 4) is 12.3 Å². The maximum Gasteiger partial charge on any atom is 0.0618 e. The first-order valence-electron chi connectivity index (χ1n) is 5.38. The SMILES string of the molecule is C#CCCCCNC(COC)C(C)C. The van der Waals surface area contributed by atoms with E-state index in [1.165, 1.54) is 0 Å². The average molecular weight is 197 g/mol. The van der Waals surface area contributed by atoms with Gasteiger partial charge in [0, 0.05) is 19.6 Å². The van der Waals surface area contributed by atoms with Crippen LogP contribution in [-0.4, -0.2) is 26.3 Å². The van der Waals surface area contributed by atoms with E-state index in [1.54, 1.807) is 7.11 Å². The summed E-state index contributed by atoms with van der Waals surface area (Å²) < 4.78 is 5.15. The molecule has 82 valence electrons. The van der Waals surface area contributed by atoms with E-state index in [9.17, 15) is 0 Å². The van der Waals surface area contributed by atoms with Gasteiger partial charge in [0.1, 0.15) is 0 Å². The molecule has 0 amide bonds. The van der Waals surface area contributed by atoms with Crippen LogP contribution in [0.5, 0.6) is 0 Å². The Balaban J connectivity index is 3.46. The predicted octanol–water partition coefficient (Wildman–Crippen LogP) is 2.05. The highest BCUT2D eigenvalue weighted by molar-refractivity contribution is 4.83. The molecule has 0 bridgehead atoms. The molecular weight excluding hydrogens is 174 g/mol. The summed E-state index contributed by atoms with van der Waals surface area (Å²) in [7, 11) is 1.75. The van der Waals surface area contributed by atoms with Crippen molar-refractivity contribution < 1.29 is 4.74 Å². The van der Waals surface area contributed by atoms with Gasteiger partial charge in [-0.1, -0.05) is 13.8 Å². The maximum atomic E-state index is 5.18. The molecule has 0 aromatic carbocycles. The van der Waals surface area contributed by atoms with Crippen molar-refractivity contribution in [3.63, 3.8) is 0 Å². The van der Waals surface area contributed by atoms with Crippen LogP contribution in [-0.2, 0) is 4.74 Å². The Hall–Kier alpha value is -0.520. The van der Waals surface area contributed by atoms with Crippen LogP contribution < -0.4 is 5.32 Å². The zero-order chi connectivity index (χ0) is 10.8. The summed E-state index contributed by atoms with van der Waals surface area (Å²) in [6, 6.07) is 0.464. The van der Waals surface area contributed by atoms with E-state index in [1.807, 2.05) is 0 Å². The molecule has 0 heterocycles. The van der Waals surface area contributed by atoms with Crippen LogP contribution in [0.1, 0.15) is 33.1 Å². The van der Waals surface area contributed by atoms with E-state index in [0.29, 0.717) is 12.0 Å². The van der Waals surface area contributed by atoms with Gasteiger partial charge < -0.3 is 10.1 Å². The van der Waals surface area contributed by atoms with Crippen LogP contribution in [0.25, 0.3) is 0 Å². The first-order chi connectivity index (χ1) is 6.72. The average Bonchev–Trinajstić information content (AvgIpc) is 2.15. The molecule has 0 aromatic rings. The normalized spacial score (nSPS) is 12.8. The Morgan fingerprint density at radius 3 is 2.57 bits per heavy atom. The minimum atomic E-state index is 0.464. The van der Waals surface area contributed by atoms with E-state index in [4.69, 9.17) is 11.2 Å². The molecule has 0 rings (SSSR count). The summed E-state index contributed by atoms with van der Waals surface area (Å²) in [5, 5.41) is 3.49. The number of unbranched alkanes of at least 4 members (excludes halogenated alkanes) is 2. The van der Waals surface area contributed by atoms with Crippen LogP contribution in [0.4, 0.5) is 0 Å². The zero-order valence-electron chi connectivity index (χ0n) is 9.68. The molecule has 0 radical (unpaired) electrons. The molecule has 2 nitrogen and oxygen atoms in total. The molecule has 0 aliphatic heterocycles. The lowest BCUT2D eigenvalue weighted by atomic mass is 10.1. The molecule has 14 heavy (non-hydrogen) atoms. The van der Waals surface area contributed by atoms with Gasteiger partial charge in [-0.2, -0.15) is 0 Å². The van der Waals surface area contributed by atoms with Crippen molar-refractivity contribution >= 4 is 0 Å². The number of terminal acetylenes is 1. The Morgan fingerprint density at radius 2 is 2.07 bits per heavy atom. The number of hydrogen-bond donors (Lipinski definition) is 1. The largest absolute Gasteiger partial charge is 0.383 e. The van der Waals surface area contributed by atoms with Crippen molar-refractivity contribution in [2.75, 3.05) is 20.3 Å². The van der Waals surface area contributed by atoms with Crippen molar-refractivity contribution in [2.45, 2.75) is 39.2 Å². The van der Waals surface area contributed by atoms with Crippen molar-refractivity contribution in [1.82, 2.24) is 5.32 Å². The molecule has 1 unspecified atom stereocenters. The second-order valence-electron chi connectivity index (χ2n) is 3.92. The fourth-order valence-electron chi connectivity index (χ4n) is 1.31. The van der Waals surface area contributed by atoms with Crippen LogP contribution in [0.3, 0.4) is 0 Å². The minimum Gasteiger partial charge on any atom is -0.383 e. The van der Waals surface area contributed by atoms with Crippen LogP contribution in [0, 0.1) is 18.3 Å². The van der Waals surface area contributed by atoms with Gasteiger partial charge >= 0.3 is 0 Å². The Morgan fingerprint density at radius 1 is 1.36 bits per heavy atom. The third-order valence-corrected chi connectivity index (χ3v) is 2.31. The highest BCUT2D eigenvalue weighted by atomic mass is 16.5. The molecule has 0 aliphatic rings. The Bertz CT molecular complexity index is 160. The van der Waals surface area contributed by atoms with Crippen molar-refractivity contribution in [2.24, 2.45) is 5.92 Å². The summed E-state index contributed by atoms with van der Waals surface area (Å²) >= 11 is 0. The lowest BCUT2D eigenvalue weighted by molar-refractivity contribution is 0.147. The summed E-state index contributed by atoms with van der Waals surface area (Å²) in [5.74, 6) is 3.26. The molecule has 1 atom stereocenters. The van der Waals surface area contributed by atoms with Crippen molar-refractivity contribution in [1.29, 1.82) is 0 Å². The number of ether oxygens (including phenoxy) is 1. The fourth-order valence-corrected chi connectivity index (χ4v) is 1.31. The third kappa shape index (κ3) is 6.94. The molecule has 0 fully saturated rings. The lowest BCUT2D eigenvalue weighted by Gasteiger charge is -2.21. The van der Waals surface area contributed by atoms with Crippen LogP contribution in [0.2, 0.25) is 0 Å². The van der Waals surface area contributed by atoms with Gasteiger partial charge in [0.25, 0.3) is 0 Å². The third-order valence-electron chi connectivity index (χ3n) is 2.31. The summed E-state index contributed by atoms with van der Waals surface area (Å²) in [6.07, 6.45) is 8.33. The standard InChI is InChI=1S/C12H23NO/c1-5-6-7-8-9-13-12(10-14-4)11(2)3/h1,11-13H,6-10H2,2-4H3. The number of rotatable bonds is 8. The molecule has 1 N–H and O–H groups in total. The topological polar surface area (TPSA) is 21.3 Å². The highest BCUT2D eigenvalue weighted by Crippen LogP contribution is 2.02. The van der Waals surface area contributed by atoms with Gasteiger partial charge in [-0.25, -0.2) is 0 Å². The van der Waals surface area contributed by atoms with E-state index in [2.05, 4.69) is 25.1 Å². The van der Waals surface area contributed by atoms with Crippen LogP contribution in [0.15, 0.2) is 0 Å². The molecule has 0 saturated heterocycles. The molecule has 2 heteroatoms. The number of hydrogen-bond acceptors (Lipinski definition) is 2. The van der Waals surface area contributed by atoms with Gasteiger partial charge in [0.05, 0.1) is 6.61 Å². The van der Waals surface area contributed by atoms with Gasteiger partial charge in [-0.15, -0.1) is 12.3 Å². The highest BCUT2D eigenvalue weighted by Gasteiger charge is 2.11. The quantitative estimate of drug-likeness (QED) is 0.475. The summed E-state index contributed by atoms with van der Waals surface area (Å²) in [5.41, 5.74) is 0. The van der Waals surface area contributed by atoms with E-state index in [-0.39, 0.29) is 0 Å². The maximum absolute atomic E-state index is 5.18. The minimum absolute atomic E-state index is 0.464. The van der Waals surface area contributed by atoms with Gasteiger partial charge in [0.15, 0.2) is 0 Å². The predicted molar refractivity (Wildman–Crippen MR) is 61.2 cm³/mol.